The number of carboxylic acids is 1. The van der Waals surface area contributed by atoms with E-state index in [0.29, 0.717) is 12.1 Å². The SMILES string of the molecule is CC.C\C=C/C=C1/C(=O)N(c2ccc(C(C)C(=O)O)cc2)C/C1=C\C. The van der Waals surface area contributed by atoms with Crippen molar-refractivity contribution >= 4 is 17.6 Å². The van der Waals surface area contributed by atoms with Crippen molar-refractivity contribution in [2.75, 3.05) is 11.4 Å². The first-order valence-corrected chi connectivity index (χ1v) is 8.62. The Kier molecular flexibility index (Phi) is 7.86. The number of rotatable bonds is 4. The number of carboxylic acid groups (broad SMARTS) is 1. The molecule has 134 valence electrons. The fourth-order valence-corrected chi connectivity index (χ4v) is 2.52. The van der Waals surface area contributed by atoms with Crippen molar-refractivity contribution < 1.29 is 14.7 Å². The van der Waals surface area contributed by atoms with Gasteiger partial charge in [0.05, 0.1) is 12.5 Å². The second-order valence-electron chi connectivity index (χ2n) is 5.46. The monoisotopic (exact) mass is 341 g/mol. The Balaban J connectivity index is 0.00000151. The van der Waals surface area contributed by atoms with Crippen LogP contribution < -0.4 is 4.90 Å². The van der Waals surface area contributed by atoms with Crippen molar-refractivity contribution in [2.24, 2.45) is 0 Å². The fourth-order valence-electron chi connectivity index (χ4n) is 2.52. The van der Waals surface area contributed by atoms with Crippen LogP contribution in [0.5, 0.6) is 0 Å². The molecule has 1 saturated heterocycles. The molecule has 1 N–H and O–H groups in total. The van der Waals surface area contributed by atoms with Gasteiger partial charge >= 0.3 is 5.97 Å². The molecule has 1 aromatic rings. The molecule has 4 nitrogen and oxygen atoms in total. The van der Waals surface area contributed by atoms with Gasteiger partial charge in [0.2, 0.25) is 0 Å². The highest BCUT2D eigenvalue weighted by Gasteiger charge is 2.30. The average molecular weight is 341 g/mol. The quantitative estimate of drug-likeness (QED) is 0.808. The molecule has 1 unspecified atom stereocenters. The molecule has 1 heterocycles. The van der Waals surface area contributed by atoms with Crippen LogP contribution in [0.4, 0.5) is 5.69 Å². The lowest BCUT2D eigenvalue weighted by Gasteiger charge is -2.16. The number of anilines is 1. The summed E-state index contributed by atoms with van der Waals surface area (Å²) in [7, 11) is 0. The van der Waals surface area contributed by atoms with E-state index in [1.807, 2.05) is 52.0 Å². The summed E-state index contributed by atoms with van der Waals surface area (Å²) in [6.07, 6.45) is 7.53. The minimum atomic E-state index is -0.859. The van der Waals surface area contributed by atoms with Gasteiger partial charge in [-0.1, -0.05) is 44.2 Å². The van der Waals surface area contributed by atoms with Crippen LogP contribution in [0.3, 0.4) is 0 Å². The van der Waals surface area contributed by atoms with Crippen molar-refractivity contribution in [3.63, 3.8) is 0 Å². The predicted molar refractivity (Wildman–Crippen MR) is 103 cm³/mol. The Morgan fingerprint density at radius 1 is 1.20 bits per heavy atom. The Morgan fingerprint density at radius 3 is 2.28 bits per heavy atom. The van der Waals surface area contributed by atoms with Gasteiger partial charge in [-0.05, 0) is 50.1 Å². The number of amides is 1. The van der Waals surface area contributed by atoms with Crippen LogP contribution in [0.1, 0.15) is 46.1 Å². The first kappa shape index (κ1) is 20.4. The highest BCUT2D eigenvalue weighted by molar-refractivity contribution is 6.12. The van der Waals surface area contributed by atoms with Crippen LogP contribution in [-0.4, -0.2) is 23.5 Å². The lowest BCUT2D eigenvalue weighted by molar-refractivity contribution is -0.138. The molecule has 1 fully saturated rings. The van der Waals surface area contributed by atoms with Crippen molar-refractivity contribution in [1.29, 1.82) is 0 Å². The zero-order chi connectivity index (χ0) is 19.0. The molecule has 1 aliphatic rings. The smallest absolute Gasteiger partial charge is 0.310 e. The van der Waals surface area contributed by atoms with Gasteiger partial charge in [-0.15, -0.1) is 0 Å². The molecule has 1 aromatic carbocycles. The van der Waals surface area contributed by atoms with Crippen LogP contribution in [0.15, 0.2) is 59.7 Å². The molecule has 0 saturated carbocycles. The van der Waals surface area contributed by atoms with E-state index in [0.717, 1.165) is 16.8 Å². The zero-order valence-electron chi connectivity index (χ0n) is 15.6. The molecule has 0 radical (unpaired) electrons. The van der Waals surface area contributed by atoms with E-state index >= 15 is 0 Å². The first-order valence-electron chi connectivity index (χ1n) is 8.62. The summed E-state index contributed by atoms with van der Waals surface area (Å²) in [6, 6.07) is 7.14. The van der Waals surface area contributed by atoms with E-state index in [1.165, 1.54) is 0 Å². The van der Waals surface area contributed by atoms with Gasteiger partial charge in [0.1, 0.15) is 0 Å². The summed E-state index contributed by atoms with van der Waals surface area (Å²) in [5.74, 6) is -1.45. The van der Waals surface area contributed by atoms with Crippen LogP contribution in [0.25, 0.3) is 0 Å². The Labute approximate surface area is 150 Å². The minimum Gasteiger partial charge on any atom is -0.481 e. The maximum Gasteiger partial charge on any atom is 0.310 e. The van der Waals surface area contributed by atoms with Crippen molar-refractivity contribution in [1.82, 2.24) is 0 Å². The number of aliphatic carboxylic acids is 1. The number of allylic oxidation sites excluding steroid dienone is 4. The standard InChI is InChI=1S/C19H21NO3.C2H6/c1-4-6-7-17-14(5-2)12-20(18(17)21)16-10-8-15(9-11-16)13(3)19(22)23;1-2/h4-11,13H,12H2,1-3H3,(H,22,23);1-2H3/b6-4-,14-5+,17-7+;. The second kappa shape index (κ2) is 9.62. The molecular formula is C21H27NO3. The summed E-state index contributed by atoms with van der Waals surface area (Å²) in [5, 5.41) is 9.06. The van der Waals surface area contributed by atoms with E-state index in [2.05, 4.69) is 0 Å². The number of benzene rings is 1. The lowest BCUT2D eigenvalue weighted by Crippen LogP contribution is -2.24. The molecule has 0 spiro atoms. The highest BCUT2D eigenvalue weighted by atomic mass is 16.4. The van der Waals surface area contributed by atoms with Crippen LogP contribution >= 0.6 is 0 Å². The van der Waals surface area contributed by atoms with Gasteiger partial charge in [0.25, 0.3) is 5.91 Å². The van der Waals surface area contributed by atoms with Gasteiger partial charge in [-0.3, -0.25) is 9.59 Å². The van der Waals surface area contributed by atoms with Crippen molar-refractivity contribution in [3.8, 4) is 0 Å². The zero-order valence-corrected chi connectivity index (χ0v) is 15.6. The number of carbonyl (C=O) groups excluding carboxylic acids is 1. The van der Waals surface area contributed by atoms with Gasteiger partial charge in [-0.25, -0.2) is 0 Å². The van der Waals surface area contributed by atoms with Gasteiger partial charge in [0.15, 0.2) is 0 Å². The molecule has 4 heteroatoms. The molecule has 1 aliphatic heterocycles. The Bertz CT molecular complexity index is 696. The third kappa shape index (κ3) is 4.69. The first-order chi connectivity index (χ1) is 12.0. The third-order valence-electron chi connectivity index (χ3n) is 4.03. The maximum atomic E-state index is 12.6. The normalized spacial score (nSPS) is 18.6. The number of carbonyl (C=O) groups is 2. The van der Waals surface area contributed by atoms with Crippen LogP contribution in [0.2, 0.25) is 0 Å². The van der Waals surface area contributed by atoms with Gasteiger partial charge < -0.3 is 10.0 Å². The summed E-state index contributed by atoms with van der Waals surface area (Å²) < 4.78 is 0. The Hall–Kier alpha value is -2.62. The van der Waals surface area contributed by atoms with Crippen LogP contribution in [0, 0.1) is 0 Å². The molecule has 2 rings (SSSR count). The summed E-state index contributed by atoms with van der Waals surface area (Å²) in [6.45, 7) is 10.0. The van der Waals surface area contributed by atoms with Crippen LogP contribution in [-0.2, 0) is 9.59 Å². The molecule has 25 heavy (non-hydrogen) atoms. The predicted octanol–water partition coefficient (Wildman–Crippen LogP) is 4.70. The molecule has 0 bridgehead atoms. The molecule has 0 aromatic heterocycles. The van der Waals surface area contributed by atoms with Crippen molar-refractivity contribution in [3.05, 3.63) is 65.3 Å². The number of nitrogens with zero attached hydrogens (tertiary/aromatic N) is 1. The topological polar surface area (TPSA) is 57.6 Å². The number of hydrogen-bond acceptors (Lipinski definition) is 2. The van der Waals surface area contributed by atoms with E-state index < -0.39 is 11.9 Å². The van der Waals surface area contributed by atoms with Crippen molar-refractivity contribution in [2.45, 2.75) is 40.5 Å². The van der Waals surface area contributed by atoms with Gasteiger partial charge in [0, 0.05) is 11.3 Å². The summed E-state index contributed by atoms with van der Waals surface area (Å²) in [5.41, 5.74) is 3.20. The van der Waals surface area contributed by atoms with E-state index in [4.69, 9.17) is 5.11 Å². The van der Waals surface area contributed by atoms with E-state index in [9.17, 15) is 9.59 Å². The average Bonchev–Trinajstić information content (AvgIpc) is 2.96. The molecular weight excluding hydrogens is 314 g/mol. The maximum absolute atomic E-state index is 12.6. The molecule has 1 atom stereocenters. The summed E-state index contributed by atoms with van der Waals surface area (Å²) >= 11 is 0. The fraction of sp³-hybridized carbons (Fsp3) is 0.333. The Morgan fingerprint density at radius 2 is 1.80 bits per heavy atom. The van der Waals surface area contributed by atoms with Gasteiger partial charge in [-0.2, -0.15) is 0 Å². The summed E-state index contributed by atoms with van der Waals surface area (Å²) in [4.78, 5) is 25.3. The third-order valence-corrected chi connectivity index (χ3v) is 4.03. The number of hydrogen-bond donors (Lipinski definition) is 1. The lowest BCUT2D eigenvalue weighted by atomic mass is 10.0. The largest absolute Gasteiger partial charge is 0.481 e. The highest BCUT2D eigenvalue weighted by Crippen LogP contribution is 2.30. The molecule has 0 aliphatic carbocycles. The second-order valence-corrected chi connectivity index (χ2v) is 5.46. The molecule has 1 amide bonds. The minimum absolute atomic E-state index is 0.0322. The van der Waals surface area contributed by atoms with E-state index in [1.54, 1.807) is 36.1 Å². The van der Waals surface area contributed by atoms with E-state index in [-0.39, 0.29) is 5.91 Å².